The van der Waals surface area contributed by atoms with E-state index in [1.165, 1.54) is 0 Å². The Balaban J connectivity index is 1.82. The number of rotatable bonds is 6. The van der Waals surface area contributed by atoms with E-state index in [2.05, 4.69) is 15.6 Å². The Morgan fingerprint density at radius 1 is 1.04 bits per heavy atom. The van der Waals surface area contributed by atoms with E-state index in [0.29, 0.717) is 33.6 Å². The predicted molar refractivity (Wildman–Crippen MR) is 111 cm³/mol. The molecule has 2 aromatic carbocycles. The molecule has 3 rings (SSSR count). The van der Waals surface area contributed by atoms with Crippen LogP contribution in [0.25, 0.3) is 0 Å². The van der Waals surface area contributed by atoms with Crippen molar-refractivity contribution in [2.75, 3.05) is 24.9 Å². The Bertz CT molecular complexity index is 1010. The fourth-order valence-corrected chi connectivity index (χ4v) is 2.80. The third kappa shape index (κ3) is 4.35. The maximum Gasteiger partial charge on any atom is 0.255 e. The number of amides is 1. The summed E-state index contributed by atoms with van der Waals surface area (Å²) in [6.07, 6.45) is 1.57. The Morgan fingerprint density at radius 3 is 2.61 bits per heavy atom. The maximum absolute atomic E-state index is 12.7. The lowest BCUT2D eigenvalue weighted by molar-refractivity contribution is 0.102. The van der Waals surface area contributed by atoms with Crippen LogP contribution in [-0.2, 0) is 0 Å². The van der Waals surface area contributed by atoms with Crippen LogP contribution < -0.4 is 20.1 Å². The third-order valence-corrected chi connectivity index (χ3v) is 4.62. The van der Waals surface area contributed by atoms with Crippen molar-refractivity contribution in [2.45, 2.75) is 6.92 Å². The lowest BCUT2D eigenvalue weighted by Crippen LogP contribution is -2.13. The molecule has 7 heteroatoms. The number of carbonyl (C=O) groups is 1. The fraction of sp³-hybridized carbons (Fsp3) is 0.143. The molecule has 0 aliphatic rings. The summed E-state index contributed by atoms with van der Waals surface area (Å²) in [5.74, 6) is 1.40. The molecule has 28 heavy (non-hydrogen) atoms. The third-order valence-electron chi connectivity index (χ3n) is 4.21. The van der Waals surface area contributed by atoms with Gasteiger partial charge in [-0.1, -0.05) is 17.7 Å². The Labute approximate surface area is 168 Å². The zero-order valence-electron chi connectivity index (χ0n) is 15.7. The van der Waals surface area contributed by atoms with E-state index in [1.54, 1.807) is 50.7 Å². The number of halogens is 1. The second-order valence-corrected chi connectivity index (χ2v) is 6.39. The molecular formula is C21H20ClN3O3. The van der Waals surface area contributed by atoms with Crippen molar-refractivity contribution in [3.63, 3.8) is 0 Å². The number of benzene rings is 2. The molecule has 0 saturated carbocycles. The number of nitrogens with one attached hydrogen (secondary N) is 2. The monoisotopic (exact) mass is 397 g/mol. The van der Waals surface area contributed by atoms with E-state index in [1.807, 2.05) is 25.1 Å². The number of ether oxygens (including phenoxy) is 2. The number of pyridine rings is 1. The van der Waals surface area contributed by atoms with Crippen LogP contribution in [0.1, 0.15) is 15.9 Å². The lowest BCUT2D eigenvalue weighted by atomic mass is 10.2. The molecule has 0 bridgehead atoms. The number of methoxy groups -OCH3 is 2. The van der Waals surface area contributed by atoms with Crippen LogP contribution in [0.5, 0.6) is 11.5 Å². The molecule has 0 aliphatic heterocycles. The molecule has 0 aliphatic carbocycles. The molecule has 1 amide bonds. The van der Waals surface area contributed by atoms with Crippen LogP contribution in [-0.4, -0.2) is 25.1 Å². The molecule has 0 spiro atoms. The van der Waals surface area contributed by atoms with Crippen molar-refractivity contribution in [1.29, 1.82) is 0 Å². The summed E-state index contributed by atoms with van der Waals surface area (Å²) in [6.45, 7) is 1.91. The fourth-order valence-electron chi connectivity index (χ4n) is 2.63. The topological polar surface area (TPSA) is 72.5 Å². The highest BCUT2D eigenvalue weighted by Gasteiger charge is 2.12. The molecule has 3 aromatic rings. The average Bonchev–Trinajstić information content (AvgIpc) is 2.71. The van der Waals surface area contributed by atoms with Crippen LogP contribution in [0.15, 0.2) is 54.7 Å². The number of aromatic nitrogens is 1. The van der Waals surface area contributed by atoms with Gasteiger partial charge in [-0.15, -0.1) is 0 Å². The van der Waals surface area contributed by atoms with Crippen molar-refractivity contribution in [3.8, 4) is 11.5 Å². The highest BCUT2D eigenvalue weighted by atomic mass is 35.5. The second-order valence-electron chi connectivity index (χ2n) is 5.99. The molecule has 0 radical (unpaired) electrons. The molecular weight excluding hydrogens is 378 g/mol. The van der Waals surface area contributed by atoms with E-state index >= 15 is 0 Å². The van der Waals surface area contributed by atoms with Crippen LogP contribution in [0.2, 0.25) is 5.02 Å². The van der Waals surface area contributed by atoms with E-state index in [4.69, 9.17) is 21.1 Å². The first-order valence-corrected chi connectivity index (χ1v) is 8.91. The zero-order chi connectivity index (χ0) is 20.1. The highest BCUT2D eigenvalue weighted by Crippen LogP contribution is 2.30. The first kappa shape index (κ1) is 19.5. The number of anilines is 3. The molecule has 2 N–H and O–H groups in total. The van der Waals surface area contributed by atoms with Crippen LogP contribution in [0.4, 0.5) is 17.2 Å². The van der Waals surface area contributed by atoms with Gasteiger partial charge in [0.2, 0.25) is 0 Å². The van der Waals surface area contributed by atoms with Gasteiger partial charge in [-0.3, -0.25) is 4.79 Å². The van der Waals surface area contributed by atoms with E-state index in [9.17, 15) is 4.79 Å². The molecule has 0 atom stereocenters. The minimum atomic E-state index is -0.292. The minimum absolute atomic E-state index is 0.292. The summed E-state index contributed by atoms with van der Waals surface area (Å²) < 4.78 is 10.5. The number of carbonyl (C=O) groups excluding carboxylic acids is 1. The van der Waals surface area contributed by atoms with Crippen molar-refractivity contribution in [1.82, 2.24) is 4.98 Å². The van der Waals surface area contributed by atoms with Gasteiger partial charge in [0.15, 0.2) is 0 Å². The summed E-state index contributed by atoms with van der Waals surface area (Å²) >= 11 is 6.16. The SMILES string of the molecule is COc1ccc(OC)c(NC(=O)c2ccnc(Nc3cccc(Cl)c3C)c2)c1. The van der Waals surface area contributed by atoms with Crippen molar-refractivity contribution >= 4 is 34.7 Å². The van der Waals surface area contributed by atoms with E-state index in [-0.39, 0.29) is 5.91 Å². The van der Waals surface area contributed by atoms with Gasteiger partial charge >= 0.3 is 0 Å². The summed E-state index contributed by atoms with van der Waals surface area (Å²) in [7, 11) is 3.10. The first-order valence-electron chi connectivity index (χ1n) is 8.53. The van der Waals surface area contributed by atoms with Crippen LogP contribution in [0.3, 0.4) is 0 Å². The van der Waals surface area contributed by atoms with Crippen molar-refractivity contribution in [3.05, 3.63) is 70.9 Å². The quantitative estimate of drug-likeness (QED) is 0.608. The molecule has 144 valence electrons. The Hall–Kier alpha value is -3.25. The van der Waals surface area contributed by atoms with Gasteiger partial charge in [0.25, 0.3) is 5.91 Å². The summed E-state index contributed by atoms with van der Waals surface area (Å²) in [5.41, 5.74) is 2.69. The number of nitrogens with zero attached hydrogens (tertiary/aromatic N) is 1. The van der Waals surface area contributed by atoms with Gasteiger partial charge in [-0.05, 0) is 48.9 Å². The lowest BCUT2D eigenvalue weighted by Gasteiger charge is -2.13. The van der Waals surface area contributed by atoms with Gasteiger partial charge in [-0.2, -0.15) is 0 Å². The van der Waals surface area contributed by atoms with E-state index < -0.39 is 0 Å². The normalized spacial score (nSPS) is 10.3. The molecule has 0 saturated heterocycles. The van der Waals surface area contributed by atoms with Crippen molar-refractivity contribution < 1.29 is 14.3 Å². The summed E-state index contributed by atoms with van der Waals surface area (Å²) in [5, 5.41) is 6.69. The Kier molecular flexibility index (Phi) is 6.01. The largest absolute Gasteiger partial charge is 0.497 e. The molecule has 6 nitrogen and oxygen atoms in total. The van der Waals surface area contributed by atoms with Gasteiger partial charge in [0, 0.05) is 28.5 Å². The van der Waals surface area contributed by atoms with Crippen LogP contribution in [0, 0.1) is 6.92 Å². The predicted octanol–water partition coefficient (Wildman–Crippen LogP) is 5.06. The van der Waals surface area contributed by atoms with Gasteiger partial charge in [0.05, 0.1) is 19.9 Å². The second kappa shape index (κ2) is 8.63. The van der Waals surface area contributed by atoms with E-state index in [0.717, 1.165) is 11.3 Å². The maximum atomic E-state index is 12.7. The average molecular weight is 398 g/mol. The molecule has 1 heterocycles. The standard InChI is InChI=1S/C21H20ClN3O3/c1-13-16(22)5-4-6-17(13)24-20-11-14(9-10-23-20)21(26)25-18-12-15(27-2)7-8-19(18)28-3/h4-12H,1-3H3,(H,23,24)(H,25,26). The molecule has 0 fully saturated rings. The molecule has 0 unspecified atom stereocenters. The van der Waals surface area contributed by atoms with Crippen molar-refractivity contribution in [2.24, 2.45) is 0 Å². The highest BCUT2D eigenvalue weighted by molar-refractivity contribution is 6.31. The minimum Gasteiger partial charge on any atom is -0.497 e. The number of hydrogen-bond donors (Lipinski definition) is 2. The smallest absolute Gasteiger partial charge is 0.255 e. The van der Waals surface area contributed by atoms with Gasteiger partial charge < -0.3 is 20.1 Å². The van der Waals surface area contributed by atoms with Crippen LogP contribution >= 0.6 is 11.6 Å². The Morgan fingerprint density at radius 2 is 1.86 bits per heavy atom. The van der Waals surface area contributed by atoms with Gasteiger partial charge in [-0.25, -0.2) is 4.98 Å². The first-order chi connectivity index (χ1) is 13.5. The van der Waals surface area contributed by atoms with Gasteiger partial charge in [0.1, 0.15) is 17.3 Å². The summed E-state index contributed by atoms with van der Waals surface area (Å²) in [4.78, 5) is 17.0. The zero-order valence-corrected chi connectivity index (χ0v) is 16.5. The number of hydrogen-bond acceptors (Lipinski definition) is 5. The summed E-state index contributed by atoms with van der Waals surface area (Å²) in [6, 6.07) is 14.1. The molecule has 1 aromatic heterocycles.